The van der Waals surface area contributed by atoms with E-state index in [1.165, 1.54) is 4.90 Å². The van der Waals surface area contributed by atoms with E-state index in [0.717, 1.165) is 18.4 Å². The molecule has 1 fully saturated rings. The largest absolute Gasteiger partial charge is 0.401 e. The van der Waals surface area contributed by atoms with Gasteiger partial charge in [0.05, 0.1) is 6.54 Å². The van der Waals surface area contributed by atoms with Gasteiger partial charge in [0.1, 0.15) is 0 Å². The molecule has 7 heteroatoms. The zero-order chi connectivity index (χ0) is 13.9. The molecule has 1 aromatic rings. The summed E-state index contributed by atoms with van der Waals surface area (Å²) in [4.78, 5) is 1.48. The van der Waals surface area contributed by atoms with Gasteiger partial charge in [-0.1, -0.05) is 30.3 Å². The topological polar surface area (TPSA) is 15.3 Å². The molecule has 0 saturated heterocycles. The van der Waals surface area contributed by atoms with Crippen molar-refractivity contribution in [3.05, 3.63) is 35.9 Å². The van der Waals surface area contributed by atoms with Crippen LogP contribution < -0.4 is 5.32 Å². The highest BCUT2D eigenvalue weighted by molar-refractivity contribution is 5.85. The number of nitrogens with one attached hydrogen (secondary N) is 1. The van der Waals surface area contributed by atoms with Crippen molar-refractivity contribution in [2.75, 3.05) is 20.1 Å². The van der Waals surface area contributed by atoms with Crippen LogP contribution in [0.15, 0.2) is 30.3 Å². The van der Waals surface area contributed by atoms with E-state index in [9.17, 15) is 13.2 Å². The summed E-state index contributed by atoms with van der Waals surface area (Å²) in [5.41, 5.74) is 0.804. The number of hydrogen-bond donors (Lipinski definition) is 1. The van der Waals surface area contributed by atoms with Gasteiger partial charge in [-0.25, -0.2) is 0 Å². The Balaban J connectivity index is 0.00000200. The molecule has 0 bridgehead atoms. The maximum atomic E-state index is 12.6. The van der Waals surface area contributed by atoms with Gasteiger partial charge in [0.15, 0.2) is 0 Å². The third kappa shape index (κ3) is 6.87. The minimum Gasteiger partial charge on any atom is -0.313 e. The molecule has 0 heterocycles. The lowest BCUT2D eigenvalue weighted by molar-refractivity contribution is -0.148. The van der Waals surface area contributed by atoms with E-state index in [1.54, 1.807) is 0 Å². The first-order chi connectivity index (χ1) is 8.92. The van der Waals surface area contributed by atoms with E-state index >= 15 is 0 Å². The summed E-state index contributed by atoms with van der Waals surface area (Å²) in [6.07, 6.45) is -2.25. The highest BCUT2D eigenvalue weighted by Crippen LogP contribution is 2.36. The van der Waals surface area contributed by atoms with Gasteiger partial charge in [-0.3, -0.25) is 4.90 Å². The van der Waals surface area contributed by atoms with Gasteiger partial charge in [0, 0.05) is 18.6 Å². The van der Waals surface area contributed by atoms with Crippen molar-refractivity contribution in [2.24, 2.45) is 0 Å². The highest BCUT2D eigenvalue weighted by Gasteiger charge is 2.44. The van der Waals surface area contributed by atoms with Gasteiger partial charge >= 0.3 is 6.18 Å². The van der Waals surface area contributed by atoms with Crippen LogP contribution in [0.4, 0.5) is 13.2 Å². The normalized spacial score (nSPS) is 16.0. The van der Waals surface area contributed by atoms with Gasteiger partial charge < -0.3 is 5.32 Å². The molecule has 21 heavy (non-hydrogen) atoms. The van der Waals surface area contributed by atoms with Gasteiger partial charge in [-0.05, 0) is 25.5 Å². The second kappa shape index (κ2) is 8.22. The van der Waals surface area contributed by atoms with Crippen LogP contribution in [0.25, 0.3) is 0 Å². The molecule has 0 aromatic heterocycles. The van der Waals surface area contributed by atoms with E-state index < -0.39 is 12.7 Å². The summed E-state index contributed by atoms with van der Waals surface area (Å²) < 4.78 is 37.9. The third-order valence-corrected chi connectivity index (χ3v) is 3.56. The quantitative estimate of drug-likeness (QED) is 0.847. The molecule has 1 aliphatic rings. The van der Waals surface area contributed by atoms with Crippen LogP contribution in [0.3, 0.4) is 0 Å². The molecular formula is C14H21Cl2F3N2. The standard InChI is InChI=1S/C14H19F3N2.2ClH/c1-18-13(7-8-13)10-19(11-14(15,16)17)9-12-5-3-2-4-6-12;;/h2-6,18H,7-11H2,1H3;2*1H. The lowest BCUT2D eigenvalue weighted by atomic mass is 10.2. The molecule has 0 aliphatic heterocycles. The zero-order valence-corrected chi connectivity index (χ0v) is 13.5. The Morgan fingerprint density at radius 3 is 2.14 bits per heavy atom. The van der Waals surface area contributed by atoms with Crippen molar-refractivity contribution in [2.45, 2.75) is 31.1 Å². The average Bonchev–Trinajstić information content (AvgIpc) is 3.08. The molecule has 0 amide bonds. The van der Waals surface area contributed by atoms with Crippen LogP contribution >= 0.6 is 24.8 Å². The van der Waals surface area contributed by atoms with Crippen LogP contribution in [-0.2, 0) is 6.54 Å². The predicted octanol–water partition coefficient (Wildman–Crippen LogP) is 3.65. The molecule has 0 spiro atoms. The molecule has 0 atom stereocenters. The maximum absolute atomic E-state index is 12.6. The zero-order valence-electron chi connectivity index (χ0n) is 11.8. The van der Waals surface area contributed by atoms with Crippen molar-refractivity contribution >= 4 is 24.8 Å². The van der Waals surface area contributed by atoms with Crippen LogP contribution in [0.2, 0.25) is 0 Å². The van der Waals surface area contributed by atoms with E-state index in [1.807, 2.05) is 37.4 Å². The Labute approximate surface area is 135 Å². The number of halogens is 5. The third-order valence-electron chi connectivity index (χ3n) is 3.56. The Morgan fingerprint density at radius 2 is 1.71 bits per heavy atom. The monoisotopic (exact) mass is 344 g/mol. The number of hydrogen-bond acceptors (Lipinski definition) is 2. The number of rotatable bonds is 6. The average molecular weight is 345 g/mol. The molecule has 0 radical (unpaired) electrons. The molecule has 2 rings (SSSR count). The smallest absolute Gasteiger partial charge is 0.313 e. The van der Waals surface area contributed by atoms with Crippen molar-refractivity contribution in [3.8, 4) is 0 Å². The molecular weight excluding hydrogens is 324 g/mol. The van der Waals surface area contributed by atoms with Crippen LogP contribution in [0, 0.1) is 0 Å². The molecule has 1 saturated carbocycles. The molecule has 0 unspecified atom stereocenters. The Kier molecular flexibility index (Phi) is 8.03. The molecule has 1 aliphatic carbocycles. The first-order valence-electron chi connectivity index (χ1n) is 6.44. The summed E-state index contributed by atoms with van der Waals surface area (Å²) >= 11 is 0. The van der Waals surface area contributed by atoms with Gasteiger partial charge in [-0.2, -0.15) is 13.2 Å². The molecule has 1 aromatic carbocycles. The number of alkyl halides is 3. The van der Waals surface area contributed by atoms with E-state index in [2.05, 4.69) is 5.32 Å². The summed E-state index contributed by atoms with van der Waals surface area (Å²) in [5.74, 6) is 0. The first-order valence-corrected chi connectivity index (χ1v) is 6.44. The fourth-order valence-corrected chi connectivity index (χ4v) is 2.33. The summed E-state index contributed by atoms with van der Waals surface area (Å²) in [7, 11) is 1.82. The minimum absolute atomic E-state index is 0. The van der Waals surface area contributed by atoms with E-state index in [4.69, 9.17) is 0 Å². The fraction of sp³-hybridized carbons (Fsp3) is 0.571. The highest BCUT2D eigenvalue weighted by atomic mass is 35.5. The van der Waals surface area contributed by atoms with Crippen molar-refractivity contribution in [3.63, 3.8) is 0 Å². The van der Waals surface area contributed by atoms with E-state index in [-0.39, 0.29) is 30.4 Å². The second-order valence-electron chi connectivity index (χ2n) is 5.28. The van der Waals surface area contributed by atoms with Gasteiger partial charge in [0.25, 0.3) is 0 Å². The van der Waals surface area contributed by atoms with E-state index in [0.29, 0.717) is 13.1 Å². The maximum Gasteiger partial charge on any atom is 0.401 e. The number of benzene rings is 1. The summed E-state index contributed by atoms with van der Waals surface area (Å²) in [5, 5.41) is 3.15. The first kappa shape index (κ1) is 20.5. The number of nitrogens with zero attached hydrogens (tertiary/aromatic N) is 1. The Bertz CT molecular complexity index is 408. The number of likely N-dealkylation sites (N-methyl/N-ethyl adjacent to an activating group) is 1. The lowest BCUT2D eigenvalue weighted by Gasteiger charge is -2.28. The van der Waals surface area contributed by atoms with Gasteiger partial charge in [0.2, 0.25) is 0 Å². The molecule has 122 valence electrons. The summed E-state index contributed by atoms with van der Waals surface area (Å²) in [6, 6.07) is 9.30. The van der Waals surface area contributed by atoms with Crippen molar-refractivity contribution < 1.29 is 13.2 Å². The summed E-state index contributed by atoms with van der Waals surface area (Å²) in [6.45, 7) is -0.0764. The van der Waals surface area contributed by atoms with Crippen LogP contribution in [-0.4, -0.2) is 36.8 Å². The van der Waals surface area contributed by atoms with Crippen molar-refractivity contribution in [1.29, 1.82) is 0 Å². The molecule has 2 nitrogen and oxygen atoms in total. The predicted molar refractivity (Wildman–Crippen MR) is 83.3 cm³/mol. The minimum atomic E-state index is -4.15. The lowest BCUT2D eigenvalue weighted by Crippen LogP contribution is -2.44. The van der Waals surface area contributed by atoms with Crippen LogP contribution in [0.5, 0.6) is 0 Å². The Hall–Kier alpha value is -0.490. The van der Waals surface area contributed by atoms with Crippen LogP contribution in [0.1, 0.15) is 18.4 Å². The second-order valence-corrected chi connectivity index (χ2v) is 5.28. The fourth-order valence-electron chi connectivity index (χ4n) is 2.33. The SMILES string of the molecule is CNC1(CN(Cc2ccccc2)CC(F)(F)F)CC1.Cl.Cl. The molecule has 1 N–H and O–H groups in total. The van der Waals surface area contributed by atoms with Crippen molar-refractivity contribution in [1.82, 2.24) is 10.2 Å². The van der Waals surface area contributed by atoms with Gasteiger partial charge in [-0.15, -0.1) is 24.8 Å². The Morgan fingerprint density at radius 1 is 1.14 bits per heavy atom.